The van der Waals surface area contributed by atoms with Crippen LogP contribution in [0.2, 0.25) is 0 Å². The summed E-state index contributed by atoms with van der Waals surface area (Å²) in [5.41, 5.74) is 1.000. The molecular weight excluding hydrogens is 360 g/mol. The van der Waals surface area contributed by atoms with E-state index in [9.17, 15) is 4.79 Å². The molecule has 0 aliphatic heterocycles. The van der Waals surface area contributed by atoms with Crippen LogP contribution in [0.25, 0.3) is 0 Å². The zero-order chi connectivity index (χ0) is 18.2. The van der Waals surface area contributed by atoms with Gasteiger partial charge in [0, 0.05) is 16.7 Å². The molecule has 3 aromatic rings. The highest BCUT2D eigenvalue weighted by Crippen LogP contribution is 2.44. The topological polar surface area (TPSA) is 26.3 Å². The van der Waals surface area contributed by atoms with E-state index in [1.54, 1.807) is 23.5 Å². The zero-order valence-electron chi connectivity index (χ0n) is 14.4. The fourth-order valence-electron chi connectivity index (χ4n) is 2.52. The van der Waals surface area contributed by atoms with E-state index in [2.05, 4.69) is 24.3 Å². The third kappa shape index (κ3) is 5.41. The van der Waals surface area contributed by atoms with Gasteiger partial charge in [0.1, 0.15) is 10.7 Å². The fraction of sp³-hybridized carbons (Fsp3) is 0.136. The van der Waals surface area contributed by atoms with Crippen LogP contribution >= 0.6 is 23.5 Å². The highest BCUT2D eigenvalue weighted by molar-refractivity contribution is 8.17. The number of ether oxygens (including phenoxy) is 1. The first-order valence-corrected chi connectivity index (χ1v) is 10.1. The van der Waals surface area contributed by atoms with Crippen LogP contribution in [-0.4, -0.2) is 10.6 Å². The van der Waals surface area contributed by atoms with Gasteiger partial charge in [-0.05, 0) is 29.8 Å². The summed E-state index contributed by atoms with van der Waals surface area (Å²) in [5.74, 6) is -0.272. The van der Waals surface area contributed by atoms with Crippen LogP contribution < -0.4 is 0 Å². The molecular formula is C22H20O2S2. The molecule has 0 spiro atoms. The molecule has 0 heterocycles. The van der Waals surface area contributed by atoms with Gasteiger partial charge in [0.2, 0.25) is 0 Å². The Labute approximate surface area is 163 Å². The maximum atomic E-state index is 11.8. The van der Waals surface area contributed by atoms with Crippen molar-refractivity contribution < 1.29 is 9.53 Å². The van der Waals surface area contributed by atoms with Gasteiger partial charge in [0.05, 0.1) is 0 Å². The molecule has 0 aromatic heterocycles. The number of carbonyl (C=O) groups is 1. The van der Waals surface area contributed by atoms with E-state index in [-0.39, 0.29) is 16.7 Å². The lowest BCUT2D eigenvalue weighted by Crippen LogP contribution is -2.18. The van der Waals surface area contributed by atoms with Crippen molar-refractivity contribution in [3.8, 4) is 0 Å². The van der Waals surface area contributed by atoms with Gasteiger partial charge < -0.3 is 4.74 Å². The molecule has 0 radical (unpaired) electrons. The molecule has 0 fully saturated rings. The predicted octanol–water partition coefficient (Wildman–Crippen LogP) is 6.20. The summed E-state index contributed by atoms with van der Waals surface area (Å²) in [6.07, 6.45) is -0.343. The molecule has 26 heavy (non-hydrogen) atoms. The Morgan fingerprint density at radius 3 is 1.58 bits per heavy atom. The molecule has 0 amide bonds. The molecule has 132 valence electrons. The third-order valence-corrected chi connectivity index (χ3v) is 6.28. The number of rotatable bonds is 7. The largest absolute Gasteiger partial charge is 0.456 e. The quantitative estimate of drug-likeness (QED) is 0.277. The van der Waals surface area contributed by atoms with Crippen LogP contribution in [0.4, 0.5) is 0 Å². The third-order valence-electron chi connectivity index (χ3n) is 3.66. The number of hydrogen-bond donors (Lipinski definition) is 0. The highest BCUT2D eigenvalue weighted by atomic mass is 32.2. The van der Waals surface area contributed by atoms with Crippen LogP contribution in [0.1, 0.15) is 18.6 Å². The Morgan fingerprint density at radius 2 is 1.15 bits per heavy atom. The summed E-state index contributed by atoms with van der Waals surface area (Å²) in [5, 5.41) is 0. The van der Waals surface area contributed by atoms with Crippen LogP contribution in [0.3, 0.4) is 0 Å². The lowest BCUT2D eigenvalue weighted by Gasteiger charge is -2.26. The maximum Gasteiger partial charge on any atom is 0.303 e. The number of esters is 1. The molecule has 0 saturated heterocycles. The van der Waals surface area contributed by atoms with Crippen LogP contribution in [0, 0.1) is 0 Å². The first-order valence-electron chi connectivity index (χ1n) is 8.38. The van der Waals surface area contributed by atoms with E-state index in [1.165, 1.54) is 6.92 Å². The average molecular weight is 381 g/mol. The number of thioether (sulfide) groups is 2. The Kier molecular flexibility index (Phi) is 6.81. The smallest absolute Gasteiger partial charge is 0.303 e. The Morgan fingerprint density at radius 1 is 0.731 bits per heavy atom. The van der Waals surface area contributed by atoms with Crippen molar-refractivity contribution in [3.63, 3.8) is 0 Å². The molecule has 0 bridgehead atoms. The van der Waals surface area contributed by atoms with Crippen molar-refractivity contribution in [1.82, 2.24) is 0 Å². The minimum Gasteiger partial charge on any atom is -0.456 e. The number of carbonyl (C=O) groups excluding carboxylic acids is 1. The molecule has 3 rings (SSSR count). The molecule has 3 aromatic carbocycles. The predicted molar refractivity (Wildman–Crippen MR) is 109 cm³/mol. The van der Waals surface area contributed by atoms with Crippen molar-refractivity contribution in [3.05, 3.63) is 96.6 Å². The van der Waals surface area contributed by atoms with Crippen LogP contribution in [0.15, 0.2) is 101 Å². The number of hydrogen-bond acceptors (Lipinski definition) is 4. The SMILES string of the molecule is CC(=O)OC(c1ccccc1)C(Sc1ccccc1)Sc1ccccc1. The van der Waals surface area contributed by atoms with E-state index >= 15 is 0 Å². The van der Waals surface area contributed by atoms with Gasteiger partial charge in [0.15, 0.2) is 0 Å². The second-order valence-electron chi connectivity index (χ2n) is 5.67. The van der Waals surface area contributed by atoms with Crippen molar-refractivity contribution in [2.24, 2.45) is 0 Å². The molecule has 0 aliphatic rings. The monoisotopic (exact) mass is 380 g/mol. The van der Waals surface area contributed by atoms with Crippen LogP contribution in [-0.2, 0) is 9.53 Å². The zero-order valence-corrected chi connectivity index (χ0v) is 16.1. The van der Waals surface area contributed by atoms with Gasteiger partial charge in [-0.3, -0.25) is 4.79 Å². The van der Waals surface area contributed by atoms with E-state index < -0.39 is 0 Å². The van der Waals surface area contributed by atoms with E-state index in [1.807, 2.05) is 66.7 Å². The van der Waals surface area contributed by atoms with Gasteiger partial charge in [-0.25, -0.2) is 0 Å². The molecule has 0 N–H and O–H groups in total. The summed E-state index contributed by atoms with van der Waals surface area (Å²) >= 11 is 3.43. The first-order chi connectivity index (χ1) is 12.7. The Hall–Kier alpha value is -2.17. The summed E-state index contributed by atoms with van der Waals surface area (Å²) in [6.45, 7) is 1.47. The Bertz CT molecular complexity index is 766. The summed E-state index contributed by atoms with van der Waals surface area (Å²) in [4.78, 5) is 14.1. The minimum atomic E-state index is -0.343. The first kappa shape index (κ1) is 18.6. The normalized spacial score (nSPS) is 11.9. The van der Waals surface area contributed by atoms with Crippen molar-refractivity contribution in [1.29, 1.82) is 0 Å². The second kappa shape index (κ2) is 9.51. The summed E-state index contributed by atoms with van der Waals surface area (Å²) in [7, 11) is 0. The molecule has 0 saturated carbocycles. The molecule has 1 atom stereocenters. The average Bonchev–Trinajstić information content (AvgIpc) is 2.68. The summed E-state index contributed by atoms with van der Waals surface area (Å²) in [6, 6.07) is 30.4. The lowest BCUT2D eigenvalue weighted by molar-refractivity contribution is -0.145. The van der Waals surface area contributed by atoms with E-state index in [4.69, 9.17) is 4.74 Å². The molecule has 1 unspecified atom stereocenters. The van der Waals surface area contributed by atoms with Gasteiger partial charge in [-0.1, -0.05) is 66.7 Å². The second-order valence-corrected chi connectivity index (χ2v) is 8.40. The van der Waals surface area contributed by atoms with Crippen LogP contribution in [0.5, 0.6) is 0 Å². The summed E-state index contributed by atoms with van der Waals surface area (Å²) < 4.78 is 5.75. The van der Waals surface area contributed by atoms with Gasteiger partial charge in [-0.2, -0.15) is 0 Å². The van der Waals surface area contributed by atoms with Gasteiger partial charge in [0.25, 0.3) is 0 Å². The maximum absolute atomic E-state index is 11.8. The molecule has 4 heteroatoms. The Balaban J connectivity index is 1.93. The van der Waals surface area contributed by atoms with Crippen molar-refractivity contribution in [2.75, 3.05) is 0 Å². The highest BCUT2D eigenvalue weighted by Gasteiger charge is 2.28. The standard InChI is InChI=1S/C22H20O2S2/c1-17(23)24-21(18-11-5-2-6-12-18)22(25-19-13-7-3-8-14-19)26-20-15-9-4-10-16-20/h2-16,21-22H,1H3. The molecule has 0 aliphatic carbocycles. The van der Waals surface area contributed by atoms with Crippen molar-refractivity contribution in [2.45, 2.75) is 27.4 Å². The van der Waals surface area contributed by atoms with E-state index in [0.717, 1.165) is 15.4 Å². The van der Waals surface area contributed by atoms with E-state index in [0.29, 0.717) is 0 Å². The lowest BCUT2D eigenvalue weighted by atomic mass is 10.1. The van der Waals surface area contributed by atoms with Gasteiger partial charge in [-0.15, -0.1) is 23.5 Å². The van der Waals surface area contributed by atoms with Gasteiger partial charge >= 0.3 is 5.97 Å². The van der Waals surface area contributed by atoms with Crippen molar-refractivity contribution >= 4 is 29.5 Å². The fourth-order valence-corrected chi connectivity index (χ4v) is 5.21. The molecule has 2 nitrogen and oxygen atoms in total. The number of benzene rings is 3. The minimum absolute atomic E-state index is 0.00824.